The van der Waals surface area contributed by atoms with Crippen molar-refractivity contribution in [1.29, 1.82) is 0 Å². The van der Waals surface area contributed by atoms with Crippen LogP contribution < -0.4 is 4.74 Å². The fourth-order valence-electron chi connectivity index (χ4n) is 1.10. The summed E-state index contributed by atoms with van der Waals surface area (Å²) in [5.74, 6) is -5.13. The number of ether oxygens (including phenoxy) is 1. The van der Waals surface area contributed by atoms with Crippen LogP contribution in [0.2, 0.25) is 0 Å². The minimum Gasteiger partial charge on any atom is -0.423 e. The van der Waals surface area contributed by atoms with Crippen molar-refractivity contribution in [3.63, 3.8) is 0 Å². The number of rotatable bonds is 4. The van der Waals surface area contributed by atoms with E-state index in [1.807, 2.05) is 6.92 Å². The van der Waals surface area contributed by atoms with E-state index in [1.165, 1.54) is 0 Å². The Bertz CT molecular complexity index is 391. The van der Waals surface area contributed by atoms with Crippen molar-refractivity contribution in [2.24, 2.45) is 0 Å². The molecule has 1 rings (SSSR count). The highest BCUT2D eigenvalue weighted by atomic mass is 19.2. The summed E-state index contributed by atoms with van der Waals surface area (Å²) in [6, 6.07) is 1.03. The molecule has 0 aliphatic heterocycles. The highest BCUT2D eigenvalue weighted by molar-refractivity contribution is 5.72. The molecule has 0 atom stereocenters. The quantitative estimate of drug-likeness (QED) is 0.452. The van der Waals surface area contributed by atoms with Crippen LogP contribution in [-0.4, -0.2) is 5.97 Å². The maximum Gasteiger partial charge on any atom is 0.311 e. The Hall–Kier alpha value is -1.52. The number of halogens is 3. The molecule has 0 radical (unpaired) electrons. The lowest BCUT2D eigenvalue weighted by atomic mass is 10.2. The summed E-state index contributed by atoms with van der Waals surface area (Å²) < 4.78 is 43.0. The van der Waals surface area contributed by atoms with E-state index in [0.717, 1.165) is 6.42 Å². The van der Waals surface area contributed by atoms with Gasteiger partial charge >= 0.3 is 5.97 Å². The molecular formula is C11H11F3O2. The topological polar surface area (TPSA) is 26.3 Å². The van der Waals surface area contributed by atoms with Gasteiger partial charge in [-0.2, -0.15) is 4.39 Å². The van der Waals surface area contributed by atoms with E-state index in [0.29, 0.717) is 18.6 Å². The van der Waals surface area contributed by atoms with Crippen molar-refractivity contribution in [3.05, 3.63) is 29.6 Å². The van der Waals surface area contributed by atoms with Gasteiger partial charge in [-0.05, 0) is 6.42 Å². The van der Waals surface area contributed by atoms with Crippen LogP contribution >= 0.6 is 0 Å². The molecule has 0 aromatic heterocycles. The van der Waals surface area contributed by atoms with Gasteiger partial charge in [0.1, 0.15) is 5.82 Å². The minimum absolute atomic E-state index is 0.0913. The van der Waals surface area contributed by atoms with Crippen LogP contribution in [0.15, 0.2) is 12.1 Å². The normalized spacial score (nSPS) is 10.2. The second-order valence-corrected chi connectivity index (χ2v) is 3.28. The molecular weight excluding hydrogens is 221 g/mol. The summed E-state index contributed by atoms with van der Waals surface area (Å²) >= 11 is 0. The lowest BCUT2D eigenvalue weighted by Crippen LogP contribution is -2.09. The molecule has 0 N–H and O–H groups in total. The van der Waals surface area contributed by atoms with Crippen molar-refractivity contribution in [2.45, 2.75) is 26.2 Å². The molecule has 1 aromatic rings. The Morgan fingerprint density at radius 3 is 2.62 bits per heavy atom. The van der Waals surface area contributed by atoms with E-state index in [-0.39, 0.29) is 6.42 Å². The van der Waals surface area contributed by atoms with Crippen LogP contribution in [0.5, 0.6) is 5.75 Å². The number of unbranched alkanes of at least 4 members (excludes halogenated alkanes) is 1. The summed E-state index contributed by atoms with van der Waals surface area (Å²) in [5.41, 5.74) is 0. The largest absolute Gasteiger partial charge is 0.423 e. The molecule has 0 unspecified atom stereocenters. The SMILES string of the molecule is CCCCC(=O)Oc1cc(F)cc(F)c1F. The van der Waals surface area contributed by atoms with Gasteiger partial charge in [0.25, 0.3) is 0 Å². The highest BCUT2D eigenvalue weighted by Crippen LogP contribution is 2.22. The molecule has 5 heteroatoms. The third kappa shape index (κ3) is 3.25. The van der Waals surface area contributed by atoms with Crippen molar-refractivity contribution in [2.75, 3.05) is 0 Å². The zero-order chi connectivity index (χ0) is 12.1. The number of hydrogen-bond donors (Lipinski definition) is 0. The van der Waals surface area contributed by atoms with E-state index in [9.17, 15) is 18.0 Å². The maximum atomic E-state index is 13.0. The van der Waals surface area contributed by atoms with Gasteiger partial charge in [-0.1, -0.05) is 13.3 Å². The molecule has 0 amide bonds. The minimum atomic E-state index is -1.38. The lowest BCUT2D eigenvalue weighted by Gasteiger charge is -2.05. The Labute approximate surface area is 91.0 Å². The molecule has 0 spiro atoms. The van der Waals surface area contributed by atoms with E-state index in [4.69, 9.17) is 0 Å². The Morgan fingerprint density at radius 2 is 2.00 bits per heavy atom. The summed E-state index contributed by atoms with van der Waals surface area (Å²) in [6.45, 7) is 1.87. The van der Waals surface area contributed by atoms with Gasteiger partial charge in [0, 0.05) is 18.6 Å². The number of carbonyl (C=O) groups is 1. The average Bonchev–Trinajstić information content (AvgIpc) is 2.22. The first-order valence-corrected chi connectivity index (χ1v) is 4.89. The predicted octanol–water partition coefficient (Wildman–Crippen LogP) is 3.20. The average molecular weight is 232 g/mol. The molecule has 2 nitrogen and oxygen atoms in total. The third-order valence-corrected chi connectivity index (χ3v) is 1.92. The van der Waals surface area contributed by atoms with Crippen molar-refractivity contribution in [3.8, 4) is 5.75 Å². The molecule has 16 heavy (non-hydrogen) atoms. The van der Waals surface area contributed by atoms with E-state index < -0.39 is 29.2 Å². The molecule has 0 saturated carbocycles. The van der Waals surface area contributed by atoms with E-state index in [2.05, 4.69) is 4.74 Å². The second kappa shape index (κ2) is 5.53. The molecule has 0 fully saturated rings. The summed E-state index contributed by atoms with van der Waals surface area (Å²) in [4.78, 5) is 11.1. The molecule has 0 bridgehead atoms. The Morgan fingerprint density at radius 1 is 1.31 bits per heavy atom. The zero-order valence-corrected chi connectivity index (χ0v) is 8.73. The van der Waals surface area contributed by atoms with E-state index >= 15 is 0 Å². The van der Waals surface area contributed by atoms with Gasteiger partial charge in [0.2, 0.25) is 5.82 Å². The third-order valence-electron chi connectivity index (χ3n) is 1.92. The van der Waals surface area contributed by atoms with Crippen molar-refractivity contribution < 1.29 is 22.7 Å². The summed E-state index contributed by atoms with van der Waals surface area (Å²) in [7, 11) is 0. The monoisotopic (exact) mass is 232 g/mol. The zero-order valence-electron chi connectivity index (χ0n) is 8.73. The van der Waals surface area contributed by atoms with Gasteiger partial charge in [-0.15, -0.1) is 0 Å². The highest BCUT2D eigenvalue weighted by Gasteiger charge is 2.15. The van der Waals surface area contributed by atoms with E-state index in [1.54, 1.807) is 0 Å². The number of esters is 1. The first kappa shape index (κ1) is 12.5. The second-order valence-electron chi connectivity index (χ2n) is 3.28. The molecule has 0 aliphatic rings. The fraction of sp³-hybridized carbons (Fsp3) is 0.364. The summed E-state index contributed by atoms with van der Waals surface area (Å²) in [6.07, 6.45) is 1.45. The van der Waals surface area contributed by atoms with Crippen LogP contribution in [0, 0.1) is 17.5 Å². The van der Waals surface area contributed by atoms with Crippen LogP contribution in [0.4, 0.5) is 13.2 Å². The van der Waals surface area contributed by atoms with Crippen molar-refractivity contribution in [1.82, 2.24) is 0 Å². The number of hydrogen-bond acceptors (Lipinski definition) is 2. The van der Waals surface area contributed by atoms with Gasteiger partial charge in [0.05, 0.1) is 0 Å². The van der Waals surface area contributed by atoms with Gasteiger partial charge in [-0.25, -0.2) is 8.78 Å². The first-order chi connectivity index (χ1) is 7.54. The van der Waals surface area contributed by atoms with Crippen LogP contribution in [0.25, 0.3) is 0 Å². The molecule has 1 aromatic carbocycles. The first-order valence-electron chi connectivity index (χ1n) is 4.89. The van der Waals surface area contributed by atoms with Crippen molar-refractivity contribution >= 4 is 5.97 Å². The molecule has 0 aliphatic carbocycles. The predicted molar refractivity (Wildman–Crippen MR) is 51.5 cm³/mol. The fourth-order valence-corrected chi connectivity index (χ4v) is 1.10. The van der Waals surface area contributed by atoms with Crippen LogP contribution in [0.3, 0.4) is 0 Å². The Kier molecular flexibility index (Phi) is 4.34. The number of benzene rings is 1. The Balaban J connectivity index is 2.77. The van der Waals surface area contributed by atoms with Crippen LogP contribution in [0.1, 0.15) is 26.2 Å². The lowest BCUT2D eigenvalue weighted by molar-refractivity contribution is -0.134. The number of carbonyl (C=O) groups excluding carboxylic acids is 1. The van der Waals surface area contributed by atoms with Gasteiger partial charge in [0.15, 0.2) is 11.6 Å². The maximum absolute atomic E-state index is 13.0. The standard InChI is InChI=1S/C11H11F3O2/c1-2-3-4-10(15)16-9-6-7(12)5-8(13)11(9)14/h5-6H,2-4H2,1H3. The van der Waals surface area contributed by atoms with Gasteiger partial charge < -0.3 is 4.74 Å². The molecule has 0 heterocycles. The smallest absolute Gasteiger partial charge is 0.311 e. The summed E-state index contributed by atoms with van der Waals surface area (Å²) in [5, 5.41) is 0. The van der Waals surface area contributed by atoms with Crippen LogP contribution in [-0.2, 0) is 4.79 Å². The molecule has 0 saturated heterocycles. The van der Waals surface area contributed by atoms with Gasteiger partial charge in [-0.3, -0.25) is 4.79 Å². The molecule has 88 valence electrons.